The van der Waals surface area contributed by atoms with Crippen molar-refractivity contribution in [3.8, 4) is 0 Å². The van der Waals surface area contributed by atoms with Crippen LogP contribution in [0.5, 0.6) is 0 Å². The third-order valence-electron chi connectivity index (χ3n) is 3.72. The minimum absolute atomic E-state index is 0.0735. The fourth-order valence-electron chi connectivity index (χ4n) is 2.47. The van der Waals surface area contributed by atoms with Crippen molar-refractivity contribution in [3.05, 3.63) is 83.8 Å². The highest BCUT2D eigenvalue weighted by Crippen LogP contribution is 2.12. The van der Waals surface area contributed by atoms with Crippen molar-refractivity contribution >= 4 is 17.4 Å². The zero-order valence-electron chi connectivity index (χ0n) is 14.1. The molecule has 0 aliphatic rings. The summed E-state index contributed by atoms with van der Waals surface area (Å²) >= 11 is 0. The fourth-order valence-corrected chi connectivity index (χ4v) is 2.47. The van der Waals surface area contributed by atoms with E-state index < -0.39 is 0 Å². The predicted octanol–water partition coefficient (Wildman–Crippen LogP) is 3.58. The van der Waals surface area contributed by atoms with E-state index in [-0.39, 0.29) is 5.91 Å². The topological polar surface area (TPSA) is 66.9 Å². The lowest BCUT2D eigenvalue weighted by atomic mass is 10.1. The van der Waals surface area contributed by atoms with Crippen LogP contribution in [-0.4, -0.2) is 15.9 Å². The first-order valence-electron chi connectivity index (χ1n) is 8.13. The Bertz CT molecular complexity index is 832. The van der Waals surface area contributed by atoms with Gasteiger partial charge < -0.3 is 10.6 Å². The van der Waals surface area contributed by atoms with Gasteiger partial charge >= 0.3 is 0 Å². The monoisotopic (exact) mass is 332 g/mol. The summed E-state index contributed by atoms with van der Waals surface area (Å²) in [5.41, 5.74) is 4.18. The molecule has 0 spiro atoms. The molecule has 0 fully saturated rings. The summed E-state index contributed by atoms with van der Waals surface area (Å²) in [6, 6.07) is 15.5. The third kappa shape index (κ3) is 5.14. The smallest absolute Gasteiger partial charge is 0.229 e. The Morgan fingerprint density at radius 2 is 1.88 bits per heavy atom. The van der Waals surface area contributed by atoms with E-state index in [1.165, 1.54) is 0 Å². The van der Waals surface area contributed by atoms with Gasteiger partial charge in [-0.3, -0.25) is 9.78 Å². The van der Waals surface area contributed by atoms with E-state index in [2.05, 4.69) is 20.6 Å². The molecule has 126 valence electrons. The van der Waals surface area contributed by atoms with Crippen LogP contribution in [0.4, 0.5) is 11.5 Å². The molecule has 0 radical (unpaired) electrons. The largest absolute Gasteiger partial charge is 0.380 e. The molecule has 1 amide bonds. The summed E-state index contributed by atoms with van der Waals surface area (Å²) in [7, 11) is 0. The molecule has 2 N–H and O–H groups in total. The van der Waals surface area contributed by atoms with E-state index in [1.807, 2.05) is 49.4 Å². The van der Waals surface area contributed by atoms with Crippen molar-refractivity contribution in [3.63, 3.8) is 0 Å². The van der Waals surface area contributed by atoms with Crippen molar-refractivity contribution in [2.75, 3.05) is 10.6 Å². The summed E-state index contributed by atoms with van der Waals surface area (Å²) in [5.74, 6) is 0.475. The standard InChI is InChI=1S/C20H20N4O/c1-15-3-2-4-17(11-15)12-20(25)24-19-6-5-18(14-23-19)22-13-16-7-9-21-10-8-16/h2-11,14,22H,12-13H2,1H3,(H,23,24,25). The third-order valence-corrected chi connectivity index (χ3v) is 3.72. The van der Waals surface area contributed by atoms with E-state index in [0.717, 1.165) is 22.4 Å². The van der Waals surface area contributed by atoms with Crippen LogP contribution in [0.3, 0.4) is 0 Å². The molecule has 2 heterocycles. The highest BCUT2D eigenvalue weighted by Gasteiger charge is 2.05. The average molecular weight is 332 g/mol. The Kier molecular flexibility index (Phi) is 5.36. The second kappa shape index (κ2) is 8.06. The quantitative estimate of drug-likeness (QED) is 0.724. The Labute approximate surface area is 147 Å². The number of carbonyl (C=O) groups is 1. The summed E-state index contributed by atoms with van der Waals surface area (Å²) in [6.07, 6.45) is 5.58. The summed E-state index contributed by atoms with van der Waals surface area (Å²) in [4.78, 5) is 20.4. The number of nitrogens with one attached hydrogen (secondary N) is 2. The molecule has 0 aliphatic heterocycles. The van der Waals surface area contributed by atoms with Gasteiger partial charge in [-0.25, -0.2) is 4.98 Å². The van der Waals surface area contributed by atoms with Gasteiger partial charge in [0.15, 0.2) is 0 Å². The number of hydrogen-bond acceptors (Lipinski definition) is 4. The molecule has 0 bridgehead atoms. The molecule has 5 nitrogen and oxygen atoms in total. The van der Waals surface area contributed by atoms with Crippen LogP contribution in [0.2, 0.25) is 0 Å². The average Bonchev–Trinajstić information content (AvgIpc) is 2.62. The van der Waals surface area contributed by atoms with Gasteiger partial charge in [0.25, 0.3) is 0 Å². The van der Waals surface area contributed by atoms with Crippen LogP contribution in [0, 0.1) is 6.92 Å². The molecule has 2 aromatic heterocycles. The van der Waals surface area contributed by atoms with Gasteiger partial charge in [-0.1, -0.05) is 29.8 Å². The molecule has 25 heavy (non-hydrogen) atoms. The van der Waals surface area contributed by atoms with E-state index >= 15 is 0 Å². The summed E-state index contributed by atoms with van der Waals surface area (Å²) in [6.45, 7) is 2.71. The van der Waals surface area contributed by atoms with Crippen molar-refractivity contribution in [2.45, 2.75) is 19.9 Å². The number of aromatic nitrogens is 2. The summed E-state index contributed by atoms with van der Waals surface area (Å²) in [5, 5.41) is 6.11. The first kappa shape index (κ1) is 16.6. The molecule has 5 heteroatoms. The number of nitrogens with zero attached hydrogens (tertiary/aromatic N) is 2. The molecule has 0 saturated carbocycles. The van der Waals surface area contributed by atoms with E-state index in [9.17, 15) is 4.79 Å². The Morgan fingerprint density at radius 1 is 1.04 bits per heavy atom. The molecule has 0 saturated heterocycles. The Hall–Kier alpha value is -3.21. The Balaban J connectivity index is 1.52. The van der Waals surface area contributed by atoms with Crippen molar-refractivity contribution < 1.29 is 4.79 Å². The van der Waals surface area contributed by atoms with Gasteiger partial charge in [0.05, 0.1) is 18.3 Å². The zero-order chi connectivity index (χ0) is 17.5. The first-order chi connectivity index (χ1) is 12.2. The van der Waals surface area contributed by atoms with Gasteiger partial charge in [-0.05, 0) is 42.3 Å². The molecule has 3 rings (SSSR count). The number of rotatable bonds is 6. The van der Waals surface area contributed by atoms with Crippen LogP contribution in [0.15, 0.2) is 67.1 Å². The van der Waals surface area contributed by atoms with Gasteiger partial charge in [0.1, 0.15) is 5.82 Å². The van der Waals surface area contributed by atoms with Gasteiger partial charge in [-0.2, -0.15) is 0 Å². The van der Waals surface area contributed by atoms with Gasteiger partial charge in [0.2, 0.25) is 5.91 Å². The highest BCUT2D eigenvalue weighted by molar-refractivity contribution is 5.91. The SMILES string of the molecule is Cc1cccc(CC(=O)Nc2ccc(NCc3ccncc3)cn2)c1. The van der Waals surface area contributed by atoms with Gasteiger partial charge in [0, 0.05) is 18.9 Å². The second-order valence-corrected chi connectivity index (χ2v) is 5.86. The molecule has 0 unspecified atom stereocenters. The molecule has 0 aliphatic carbocycles. The lowest BCUT2D eigenvalue weighted by Crippen LogP contribution is -2.15. The van der Waals surface area contributed by atoms with E-state index in [1.54, 1.807) is 24.7 Å². The van der Waals surface area contributed by atoms with Crippen LogP contribution in [0.1, 0.15) is 16.7 Å². The minimum atomic E-state index is -0.0735. The molecular weight excluding hydrogens is 312 g/mol. The molecule has 1 aromatic carbocycles. The predicted molar refractivity (Wildman–Crippen MR) is 99.3 cm³/mol. The number of amides is 1. The second-order valence-electron chi connectivity index (χ2n) is 5.86. The fraction of sp³-hybridized carbons (Fsp3) is 0.150. The molecule has 3 aromatic rings. The number of carbonyl (C=O) groups excluding carboxylic acids is 1. The van der Waals surface area contributed by atoms with Crippen molar-refractivity contribution in [2.24, 2.45) is 0 Å². The van der Waals surface area contributed by atoms with Crippen LogP contribution in [-0.2, 0) is 17.8 Å². The number of pyridine rings is 2. The van der Waals surface area contributed by atoms with E-state index in [0.29, 0.717) is 18.8 Å². The highest BCUT2D eigenvalue weighted by atomic mass is 16.1. The van der Waals surface area contributed by atoms with Gasteiger partial charge in [-0.15, -0.1) is 0 Å². The zero-order valence-corrected chi connectivity index (χ0v) is 14.1. The van der Waals surface area contributed by atoms with E-state index in [4.69, 9.17) is 0 Å². The first-order valence-corrected chi connectivity index (χ1v) is 8.13. The minimum Gasteiger partial charge on any atom is -0.380 e. The number of hydrogen-bond donors (Lipinski definition) is 2. The van der Waals surface area contributed by atoms with Crippen molar-refractivity contribution in [1.29, 1.82) is 0 Å². The molecular formula is C20H20N4O. The maximum atomic E-state index is 12.1. The number of aryl methyl sites for hydroxylation is 1. The number of anilines is 2. The maximum absolute atomic E-state index is 12.1. The normalized spacial score (nSPS) is 10.3. The van der Waals surface area contributed by atoms with Crippen LogP contribution < -0.4 is 10.6 Å². The lowest BCUT2D eigenvalue weighted by molar-refractivity contribution is -0.115. The Morgan fingerprint density at radius 3 is 2.60 bits per heavy atom. The lowest BCUT2D eigenvalue weighted by Gasteiger charge is -2.08. The summed E-state index contributed by atoms with van der Waals surface area (Å²) < 4.78 is 0. The maximum Gasteiger partial charge on any atom is 0.229 e. The number of benzene rings is 1. The van der Waals surface area contributed by atoms with Crippen molar-refractivity contribution in [1.82, 2.24) is 9.97 Å². The molecule has 0 atom stereocenters. The van der Waals surface area contributed by atoms with Crippen LogP contribution in [0.25, 0.3) is 0 Å². The van der Waals surface area contributed by atoms with Crippen LogP contribution >= 0.6 is 0 Å².